The molecule has 1 aromatic carbocycles. The van der Waals surface area contributed by atoms with E-state index in [1.807, 2.05) is 6.07 Å². The van der Waals surface area contributed by atoms with Crippen LogP contribution in [0.15, 0.2) is 29.0 Å². The number of aromatic nitrogens is 2. The van der Waals surface area contributed by atoms with Crippen LogP contribution in [-0.2, 0) is 0 Å². The van der Waals surface area contributed by atoms with Crippen molar-refractivity contribution in [1.29, 1.82) is 0 Å². The predicted molar refractivity (Wildman–Crippen MR) is 73.1 cm³/mol. The number of nitrogens with zero attached hydrogens (tertiary/aromatic N) is 2. The van der Waals surface area contributed by atoms with E-state index < -0.39 is 0 Å². The number of fused-ring (bicyclic) bond motifs is 1. The first-order valence-corrected chi connectivity index (χ1v) is 7.04. The number of halogens is 1. The summed E-state index contributed by atoms with van der Waals surface area (Å²) in [6.45, 7) is 0. The highest BCUT2D eigenvalue weighted by Crippen LogP contribution is 2.35. The van der Waals surface area contributed by atoms with Crippen molar-refractivity contribution < 1.29 is 0 Å². The molecule has 2 nitrogen and oxygen atoms in total. The zero-order valence-corrected chi connectivity index (χ0v) is 11.3. The third-order valence-corrected chi connectivity index (χ3v) is 4.28. The molecule has 1 aromatic heterocycles. The highest BCUT2D eigenvalue weighted by molar-refractivity contribution is 9.10. The van der Waals surface area contributed by atoms with Crippen molar-refractivity contribution in [3.05, 3.63) is 34.7 Å². The summed E-state index contributed by atoms with van der Waals surface area (Å²) in [7, 11) is 0. The Bertz CT molecular complexity index is 533. The lowest BCUT2D eigenvalue weighted by Gasteiger charge is -2.22. The normalized spacial score (nSPS) is 17.5. The lowest BCUT2D eigenvalue weighted by molar-refractivity contribution is 0.438. The lowest BCUT2D eigenvalue weighted by atomic mass is 9.85. The molecule has 88 valence electrons. The van der Waals surface area contributed by atoms with Gasteiger partial charge >= 0.3 is 0 Å². The molecule has 3 heteroatoms. The van der Waals surface area contributed by atoms with Gasteiger partial charge in [-0.1, -0.05) is 31.4 Å². The molecular weight excluding hydrogens is 276 g/mol. The molecule has 0 saturated heterocycles. The number of hydrogen-bond donors (Lipinski definition) is 0. The maximum Gasteiger partial charge on any atom is 0.116 e. The molecule has 0 unspecified atom stereocenters. The van der Waals surface area contributed by atoms with Crippen LogP contribution in [0, 0.1) is 0 Å². The van der Waals surface area contributed by atoms with Gasteiger partial charge in [0.2, 0.25) is 0 Å². The number of benzene rings is 1. The van der Waals surface area contributed by atoms with Gasteiger partial charge in [-0.3, -0.25) is 0 Å². The second-order valence-electron chi connectivity index (χ2n) is 4.73. The molecule has 0 N–H and O–H groups in total. The predicted octanol–water partition coefficient (Wildman–Crippen LogP) is 4.44. The summed E-state index contributed by atoms with van der Waals surface area (Å²) in [4.78, 5) is 8.92. The second-order valence-corrected chi connectivity index (χ2v) is 5.58. The van der Waals surface area contributed by atoms with E-state index in [1.54, 1.807) is 6.33 Å². The molecule has 0 radical (unpaired) electrons. The van der Waals surface area contributed by atoms with Crippen molar-refractivity contribution in [1.82, 2.24) is 9.97 Å². The van der Waals surface area contributed by atoms with Crippen LogP contribution in [0.4, 0.5) is 0 Å². The van der Waals surface area contributed by atoms with Crippen molar-refractivity contribution in [3.63, 3.8) is 0 Å². The summed E-state index contributed by atoms with van der Waals surface area (Å²) >= 11 is 3.56. The first kappa shape index (κ1) is 11.1. The summed E-state index contributed by atoms with van der Waals surface area (Å²) in [5.74, 6) is 0.628. The zero-order chi connectivity index (χ0) is 11.7. The van der Waals surface area contributed by atoms with E-state index in [1.165, 1.54) is 43.2 Å². The standard InChI is InChI=1S/C14H15BrN2/c15-12-8-4-7-11-13(16-9-17-14(11)12)10-5-2-1-3-6-10/h4,7-10H,1-3,5-6H2. The lowest BCUT2D eigenvalue weighted by Crippen LogP contribution is -2.07. The van der Waals surface area contributed by atoms with Crippen LogP contribution in [0.5, 0.6) is 0 Å². The van der Waals surface area contributed by atoms with Crippen LogP contribution in [-0.4, -0.2) is 9.97 Å². The van der Waals surface area contributed by atoms with Gasteiger partial charge in [0.25, 0.3) is 0 Å². The molecule has 0 amide bonds. The second kappa shape index (κ2) is 4.73. The molecule has 3 rings (SSSR count). The summed E-state index contributed by atoms with van der Waals surface area (Å²) in [5, 5.41) is 1.22. The van der Waals surface area contributed by atoms with Crippen LogP contribution < -0.4 is 0 Å². The maximum absolute atomic E-state index is 4.54. The SMILES string of the molecule is Brc1cccc2c(C3CCCCC3)ncnc12. The molecule has 1 aliphatic rings. The Morgan fingerprint density at radius 1 is 1.06 bits per heavy atom. The molecule has 1 aliphatic carbocycles. The van der Waals surface area contributed by atoms with Gasteiger partial charge in [0.15, 0.2) is 0 Å². The molecule has 0 spiro atoms. The number of hydrogen-bond acceptors (Lipinski definition) is 2. The highest BCUT2D eigenvalue weighted by atomic mass is 79.9. The van der Waals surface area contributed by atoms with E-state index in [9.17, 15) is 0 Å². The Labute approximate surface area is 110 Å². The average molecular weight is 291 g/mol. The minimum Gasteiger partial charge on any atom is -0.240 e. The van der Waals surface area contributed by atoms with E-state index in [4.69, 9.17) is 0 Å². The fourth-order valence-corrected chi connectivity index (χ4v) is 3.24. The van der Waals surface area contributed by atoms with Crippen molar-refractivity contribution in [2.24, 2.45) is 0 Å². The quantitative estimate of drug-likeness (QED) is 0.776. The van der Waals surface area contributed by atoms with Crippen LogP contribution >= 0.6 is 15.9 Å². The molecule has 0 aliphatic heterocycles. The first-order valence-electron chi connectivity index (χ1n) is 6.25. The Morgan fingerprint density at radius 2 is 1.88 bits per heavy atom. The third-order valence-electron chi connectivity index (χ3n) is 3.64. The summed E-state index contributed by atoms with van der Waals surface area (Å²) < 4.78 is 1.06. The third kappa shape index (κ3) is 2.08. The van der Waals surface area contributed by atoms with Gasteiger partial charge in [-0.2, -0.15) is 0 Å². The van der Waals surface area contributed by atoms with Gasteiger partial charge in [-0.05, 0) is 34.8 Å². The summed E-state index contributed by atoms with van der Waals surface area (Å²) in [6.07, 6.45) is 8.31. The van der Waals surface area contributed by atoms with Gasteiger partial charge in [0.05, 0.1) is 11.2 Å². The van der Waals surface area contributed by atoms with Gasteiger partial charge < -0.3 is 0 Å². The molecule has 1 fully saturated rings. The molecule has 1 saturated carbocycles. The Hall–Kier alpha value is -0.960. The fraction of sp³-hybridized carbons (Fsp3) is 0.429. The van der Waals surface area contributed by atoms with Crippen LogP contribution in [0.2, 0.25) is 0 Å². The van der Waals surface area contributed by atoms with Crippen molar-refractivity contribution in [3.8, 4) is 0 Å². The van der Waals surface area contributed by atoms with Crippen LogP contribution in [0.1, 0.15) is 43.7 Å². The molecular formula is C14H15BrN2. The van der Waals surface area contributed by atoms with Crippen LogP contribution in [0.3, 0.4) is 0 Å². The average Bonchev–Trinajstić information content (AvgIpc) is 2.40. The topological polar surface area (TPSA) is 25.8 Å². The minimum atomic E-state index is 0.628. The van der Waals surface area contributed by atoms with E-state index in [2.05, 4.69) is 38.0 Å². The maximum atomic E-state index is 4.54. The van der Waals surface area contributed by atoms with Crippen LogP contribution in [0.25, 0.3) is 10.9 Å². The Kier molecular flexibility index (Phi) is 3.10. The monoisotopic (exact) mass is 290 g/mol. The van der Waals surface area contributed by atoms with Crippen molar-refractivity contribution in [2.75, 3.05) is 0 Å². The van der Waals surface area contributed by atoms with Crippen molar-refractivity contribution >= 4 is 26.8 Å². The van der Waals surface area contributed by atoms with E-state index in [0.29, 0.717) is 5.92 Å². The molecule has 0 atom stereocenters. The molecule has 0 bridgehead atoms. The number of para-hydroxylation sites is 1. The number of rotatable bonds is 1. The smallest absolute Gasteiger partial charge is 0.116 e. The summed E-state index contributed by atoms with van der Waals surface area (Å²) in [5.41, 5.74) is 2.29. The van der Waals surface area contributed by atoms with Gasteiger partial charge in [0.1, 0.15) is 6.33 Å². The van der Waals surface area contributed by atoms with E-state index in [-0.39, 0.29) is 0 Å². The highest BCUT2D eigenvalue weighted by Gasteiger charge is 2.19. The van der Waals surface area contributed by atoms with Gasteiger partial charge in [-0.25, -0.2) is 9.97 Å². The molecule has 2 aromatic rings. The van der Waals surface area contributed by atoms with E-state index >= 15 is 0 Å². The minimum absolute atomic E-state index is 0.628. The molecule has 1 heterocycles. The first-order chi connectivity index (χ1) is 8.36. The summed E-state index contributed by atoms with van der Waals surface area (Å²) in [6, 6.07) is 6.26. The zero-order valence-electron chi connectivity index (χ0n) is 9.69. The van der Waals surface area contributed by atoms with E-state index in [0.717, 1.165) is 9.99 Å². The van der Waals surface area contributed by atoms with Gasteiger partial charge in [0, 0.05) is 15.8 Å². The largest absolute Gasteiger partial charge is 0.240 e. The van der Waals surface area contributed by atoms with Crippen molar-refractivity contribution in [2.45, 2.75) is 38.0 Å². The Morgan fingerprint density at radius 3 is 2.71 bits per heavy atom. The molecule has 17 heavy (non-hydrogen) atoms. The van der Waals surface area contributed by atoms with Gasteiger partial charge in [-0.15, -0.1) is 0 Å². The fourth-order valence-electron chi connectivity index (χ4n) is 2.77. The Balaban J connectivity index is 2.12.